The molecule has 0 heterocycles. The molecule has 0 spiro atoms. The van der Waals surface area contributed by atoms with E-state index in [9.17, 15) is 4.79 Å². The molecule has 0 aliphatic rings. The summed E-state index contributed by atoms with van der Waals surface area (Å²) >= 11 is 0. The first kappa shape index (κ1) is 15.5. The third-order valence-corrected chi connectivity index (χ3v) is 3.38. The summed E-state index contributed by atoms with van der Waals surface area (Å²) in [5, 5.41) is 3.22. The Balaban J connectivity index is 2.91. The lowest BCUT2D eigenvalue weighted by atomic mass is 9.88. The van der Waals surface area contributed by atoms with Crippen molar-refractivity contribution in [2.24, 2.45) is 0 Å². The van der Waals surface area contributed by atoms with Gasteiger partial charge in [0.1, 0.15) is 0 Å². The highest BCUT2D eigenvalue weighted by Crippen LogP contribution is 2.26. The monoisotopic (exact) mass is 264 g/mol. The van der Waals surface area contributed by atoms with Crippen molar-refractivity contribution >= 4 is 11.7 Å². The van der Waals surface area contributed by atoms with Crippen LogP contribution in [0, 0.1) is 0 Å². The molecule has 1 unspecified atom stereocenters. The Bertz CT molecular complexity index is 415. The number of ether oxygens (including phenoxy) is 1. The summed E-state index contributed by atoms with van der Waals surface area (Å²) in [6.45, 7) is 4.24. The van der Waals surface area contributed by atoms with Crippen LogP contribution in [0.25, 0.3) is 0 Å². The van der Waals surface area contributed by atoms with Crippen LogP contribution in [0.5, 0.6) is 0 Å². The number of carbonyl (C=O) groups excluding carboxylic acids is 1. The number of benzene rings is 1. The summed E-state index contributed by atoms with van der Waals surface area (Å²) in [4.78, 5) is 13.7. The molecule has 1 aromatic carbocycles. The lowest BCUT2D eigenvalue weighted by molar-refractivity contribution is -0.144. The van der Waals surface area contributed by atoms with Crippen molar-refractivity contribution in [2.45, 2.75) is 25.8 Å². The zero-order valence-electron chi connectivity index (χ0n) is 12.5. The number of hydrogen-bond acceptors (Lipinski definition) is 4. The fourth-order valence-electron chi connectivity index (χ4n) is 1.96. The van der Waals surface area contributed by atoms with Gasteiger partial charge >= 0.3 is 5.97 Å². The van der Waals surface area contributed by atoms with E-state index in [-0.39, 0.29) is 5.97 Å². The van der Waals surface area contributed by atoms with Crippen LogP contribution in [0.4, 0.5) is 5.69 Å². The number of carbonyl (C=O) groups is 1. The molecule has 19 heavy (non-hydrogen) atoms. The summed E-state index contributed by atoms with van der Waals surface area (Å²) < 4.78 is 5.04. The summed E-state index contributed by atoms with van der Waals surface area (Å²) in [5.41, 5.74) is 1.81. The Morgan fingerprint density at radius 1 is 1.32 bits per heavy atom. The topological polar surface area (TPSA) is 41.6 Å². The Hall–Kier alpha value is -1.55. The summed E-state index contributed by atoms with van der Waals surface area (Å²) in [6, 6.07) is 8.20. The highest BCUT2D eigenvalue weighted by Gasteiger charge is 2.28. The number of hydrogen-bond donors (Lipinski definition) is 1. The number of esters is 1. The van der Waals surface area contributed by atoms with E-state index in [0.29, 0.717) is 13.0 Å². The quantitative estimate of drug-likeness (QED) is 0.799. The minimum Gasteiger partial charge on any atom is -0.466 e. The predicted molar refractivity (Wildman–Crippen MR) is 78.4 cm³/mol. The first-order chi connectivity index (χ1) is 8.92. The predicted octanol–water partition coefficient (Wildman–Crippen LogP) is 2.14. The maximum atomic E-state index is 11.7. The molecule has 0 aliphatic carbocycles. The van der Waals surface area contributed by atoms with E-state index in [4.69, 9.17) is 4.74 Å². The number of nitrogens with zero attached hydrogens (tertiary/aromatic N) is 1. The Kier molecular flexibility index (Phi) is 5.36. The minimum atomic E-state index is -0.406. The largest absolute Gasteiger partial charge is 0.466 e. The van der Waals surface area contributed by atoms with E-state index in [0.717, 1.165) is 11.3 Å². The van der Waals surface area contributed by atoms with Crippen LogP contribution in [0.2, 0.25) is 0 Å². The van der Waals surface area contributed by atoms with Gasteiger partial charge < -0.3 is 15.0 Å². The second kappa shape index (κ2) is 6.57. The minimum absolute atomic E-state index is 0.184. The lowest BCUT2D eigenvalue weighted by Gasteiger charge is -2.29. The van der Waals surface area contributed by atoms with Gasteiger partial charge in [-0.25, -0.2) is 0 Å². The Labute approximate surface area is 115 Å². The maximum Gasteiger partial charge on any atom is 0.307 e. The third kappa shape index (κ3) is 3.96. The zero-order valence-corrected chi connectivity index (χ0v) is 12.5. The Morgan fingerprint density at radius 3 is 2.32 bits per heavy atom. The second-order valence-electron chi connectivity index (χ2n) is 5.01. The number of rotatable bonds is 6. The third-order valence-electron chi connectivity index (χ3n) is 3.38. The Morgan fingerprint density at radius 2 is 1.89 bits per heavy atom. The molecule has 1 N–H and O–H groups in total. The van der Waals surface area contributed by atoms with Crippen LogP contribution in [-0.4, -0.2) is 33.7 Å². The summed E-state index contributed by atoms with van der Waals surface area (Å²) in [6.07, 6.45) is 0.318. The molecule has 0 fully saturated rings. The van der Waals surface area contributed by atoms with Crippen molar-refractivity contribution in [2.75, 3.05) is 32.6 Å². The van der Waals surface area contributed by atoms with Crippen molar-refractivity contribution < 1.29 is 9.53 Å². The normalized spacial score (nSPS) is 13.7. The van der Waals surface area contributed by atoms with Crippen LogP contribution < -0.4 is 10.2 Å². The van der Waals surface area contributed by atoms with Crippen molar-refractivity contribution in [3.63, 3.8) is 0 Å². The van der Waals surface area contributed by atoms with Gasteiger partial charge in [-0.2, -0.15) is 0 Å². The average molecular weight is 264 g/mol. The molecule has 0 amide bonds. The summed E-state index contributed by atoms with van der Waals surface area (Å²) in [5.74, 6) is -0.184. The summed E-state index contributed by atoms with van der Waals surface area (Å²) in [7, 11) is 5.87. The van der Waals surface area contributed by atoms with E-state index < -0.39 is 5.54 Å². The molecular formula is C15H24N2O2. The molecule has 1 rings (SSSR count). The van der Waals surface area contributed by atoms with Crippen LogP contribution in [0.1, 0.15) is 25.8 Å². The van der Waals surface area contributed by atoms with Crippen molar-refractivity contribution in [3.8, 4) is 0 Å². The molecule has 4 heteroatoms. The van der Waals surface area contributed by atoms with Gasteiger partial charge in [-0.3, -0.25) is 4.79 Å². The highest BCUT2D eigenvalue weighted by atomic mass is 16.5. The highest BCUT2D eigenvalue weighted by molar-refractivity contribution is 5.71. The standard InChI is InChI=1S/C15H24N2O2/c1-6-19-14(18)11-15(2,16-3)12-7-9-13(10-8-12)17(4)5/h7-10,16H,6,11H2,1-5H3. The molecule has 0 aliphatic heterocycles. The van der Waals surface area contributed by atoms with Gasteiger partial charge in [0.25, 0.3) is 0 Å². The molecule has 106 valence electrons. The molecule has 0 saturated heterocycles. The van der Waals surface area contributed by atoms with Crippen molar-refractivity contribution in [1.82, 2.24) is 5.32 Å². The van der Waals surface area contributed by atoms with E-state index in [1.54, 1.807) is 0 Å². The van der Waals surface area contributed by atoms with Crippen LogP contribution in [0.3, 0.4) is 0 Å². The second-order valence-corrected chi connectivity index (χ2v) is 5.01. The fourth-order valence-corrected chi connectivity index (χ4v) is 1.96. The van der Waals surface area contributed by atoms with Crippen LogP contribution in [0.15, 0.2) is 24.3 Å². The van der Waals surface area contributed by atoms with Crippen molar-refractivity contribution in [1.29, 1.82) is 0 Å². The molecule has 4 nitrogen and oxygen atoms in total. The fraction of sp³-hybridized carbons (Fsp3) is 0.533. The molecule has 0 radical (unpaired) electrons. The molecular weight excluding hydrogens is 240 g/mol. The van der Waals surface area contributed by atoms with Gasteiger partial charge in [0.15, 0.2) is 0 Å². The van der Waals surface area contributed by atoms with Gasteiger partial charge in [0.2, 0.25) is 0 Å². The molecule has 0 bridgehead atoms. The van der Waals surface area contributed by atoms with Crippen LogP contribution in [-0.2, 0) is 15.1 Å². The number of nitrogens with one attached hydrogen (secondary N) is 1. The van der Waals surface area contributed by atoms with E-state index in [1.165, 1.54) is 0 Å². The average Bonchev–Trinajstić information content (AvgIpc) is 2.39. The van der Waals surface area contributed by atoms with Crippen LogP contribution >= 0.6 is 0 Å². The first-order valence-corrected chi connectivity index (χ1v) is 6.55. The SMILES string of the molecule is CCOC(=O)CC(C)(NC)c1ccc(N(C)C)cc1. The van der Waals surface area contributed by atoms with Gasteiger partial charge in [-0.05, 0) is 38.6 Å². The van der Waals surface area contributed by atoms with Gasteiger partial charge in [0, 0.05) is 19.8 Å². The first-order valence-electron chi connectivity index (χ1n) is 6.55. The lowest BCUT2D eigenvalue weighted by Crippen LogP contribution is -2.39. The maximum absolute atomic E-state index is 11.7. The van der Waals surface area contributed by atoms with Gasteiger partial charge in [0.05, 0.1) is 18.6 Å². The molecule has 1 atom stereocenters. The smallest absolute Gasteiger partial charge is 0.307 e. The van der Waals surface area contributed by atoms with Gasteiger partial charge in [-0.15, -0.1) is 0 Å². The van der Waals surface area contributed by atoms with Crippen molar-refractivity contribution in [3.05, 3.63) is 29.8 Å². The van der Waals surface area contributed by atoms with E-state index in [1.807, 2.05) is 52.0 Å². The molecule has 0 aromatic heterocycles. The zero-order chi connectivity index (χ0) is 14.5. The van der Waals surface area contributed by atoms with E-state index >= 15 is 0 Å². The molecule has 0 saturated carbocycles. The van der Waals surface area contributed by atoms with Gasteiger partial charge in [-0.1, -0.05) is 12.1 Å². The molecule has 1 aromatic rings. The van der Waals surface area contributed by atoms with E-state index in [2.05, 4.69) is 17.4 Å². The number of anilines is 1.